The molecule has 1 unspecified atom stereocenters. The van der Waals surface area contributed by atoms with Gasteiger partial charge in [-0.2, -0.15) is 0 Å². The number of rotatable bonds is 8. The highest BCUT2D eigenvalue weighted by molar-refractivity contribution is 5.95. The number of amides is 1. The van der Waals surface area contributed by atoms with Gasteiger partial charge in [-0.3, -0.25) is 4.79 Å². The molecule has 0 spiro atoms. The van der Waals surface area contributed by atoms with Gasteiger partial charge in [0.05, 0.1) is 32.1 Å². The van der Waals surface area contributed by atoms with E-state index in [0.717, 1.165) is 0 Å². The Hall–Kier alpha value is -1.79. The summed E-state index contributed by atoms with van der Waals surface area (Å²) in [6.45, 7) is 3.35. The molecule has 1 rings (SSSR count). The lowest BCUT2D eigenvalue weighted by atomic mass is 10.1. The third-order valence-corrected chi connectivity index (χ3v) is 3.21. The molecule has 21 heavy (non-hydrogen) atoms. The van der Waals surface area contributed by atoms with E-state index in [0.29, 0.717) is 36.8 Å². The Balaban J connectivity index is 2.95. The molecule has 0 heterocycles. The summed E-state index contributed by atoms with van der Waals surface area (Å²) in [5, 5.41) is 0. The molecule has 2 N–H and O–H groups in total. The van der Waals surface area contributed by atoms with E-state index in [9.17, 15) is 4.79 Å². The fraction of sp³-hybridized carbons (Fsp3) is 0.533. The SMILES string of the molecule is COCCN(C(=O)c1ccc(OC)c(N)c1)C(C)COC. The van der Waals surface area contributed by atoms with Crippen LogP contribution in [0.25, 0.3) is 0 Å². The average Bonchev–Trinajstić information content (AvgIpc) is 2.47. The van der Waals surface area contributed by atoms with Crippen LogP contribution in [0.15, 0.2) is 18.2 Å². The van der Waals surface area contributed by atoms with Gasteiger partial charge in [-0.05, 0) is 25.1 Å². The molecule has 6 nitrogen and oxygen atoms in total. The van der Waals surface area contributed by atoms with Crippen molar-refractivity contribution in [2.24, 2.45) is 0 Å². The molecule has 0 saturated carbocycles. The van der Waals surface area contributed by atoms with Gasteiger partial charge in [0, 0.05) is 26.3 Å². The molecule has 6 heteroatoms. The number of hydrogen-bond donors (Lipinski definition) is 1. The first-order valence-corrected chi connectivity index (χ1v) is 6.77. The summed E-state index contributed by atoms with van der Waals surface area (Å²) in [5.41, 5.74) is 6.82. The number of nitrogens with zero attached hydrogens (tertiary/aromatic N) is 1. The van der Waals surface area contributed by atoms with Crippen LogP contribution in [-0.2, 0) is 9.47 Å². The Morgan fingerprint density at radius 3 is 2.52 bits per heavy atom. The summed E-state index contributed by atoms with van der Waals surface area (Å²) in [5.74, 6) is 0.450. The van der Waals surface area contributed by atoms with E-state index < -0.39 is 0 Å². The zero-order valence-electron chi connectivity index (χ0n) is 13.1. The Labute approximate surface area is 125 Å². The lowest BCUT2D eigenvalue weighted by molar-refractivity contribution is 0.0479. The summed E-state index contributed by atoms with van der Waals surface area (Å²) >= 11 is 0. The van der Waals surface area contributed by atoms with E-state index in [-0.39, 0.29) is 11.9 Å². The van der Waals surface area contributed by atoms with Crippen LogP contribution in [-0.4, -0.2) is 57.9 Å². The van der Waals surface area contributed by atoms with Gasteiger partial charge in [0.2, 0.25) is 0 Å². The fourth-order valence-electron chi connectivity index (χ4n) is 2.08. The Morgan fingerprint density at radius 2 is 2.00 bits per heavy atom. The van der Waals surface area contributed by atoms with E-state index in [1.807, 2.05) is 6.92 Å². The van der Waals surface area contributed by atoms with Crippen molar-refractivity contribution in [2.45, 2.75) is 13.0 Å². The van der Waals surface area contributed by atoms with Gasteiger partial charge >= 0.3 is 0 Å². The van der Waals surface area contributed by atoms with Crippen molar-refractivity contribution in [2.75, 3.05) is 46.8 Å². The standard InChI is InChI=1S/C15H24N2O4/c1-11(10-20-3)17(7-8-19-2)15(18)12-5-6-14(21-4)13(16)9-12/h5-6,9,11H,7-8,10,16H2,1-4H3. The van der Waals surface area contributed by atoms with Gasteiger partial charge in [0.15, 0.2) is 0 Å². The third-order valence-electron chi connectivity index (χ3n) is 3.21. The lowest BCUT2D eigenvalue weighted by Gasteiger charge is -2.29. The molecule has 0 aliphatic carbocycles. The molecule has 1 amide bonds. The van der Waals surface area contributed by atoms with Crippen LogP contribution < -0.4 is 10.5 Å². The number of carbonyl (C=O) groups excluding carboxylic acids is 1. The summed E-state index contributed by atoms with van der Waals surface area (Å²) in [7, 11) is 4.76. The maximum absolute atomic E-state index is 12.6. The summed E-state index contributed by atoms with van der Waals surface area (Å²) in [4.78, 5) is 14.4. The Morgan fingerprint density at radius 1 is 1.29 bits per heavy atom. The van der Waals surface area contributed by atoms with E-state index >= 15 is 0 Å². The first-order chi connectivity index (χ1) is 10.0. The summed E-state index contributed by atoms with van der Waals surface area (Å²) < 4.78 is 15.3. The number of nitrogen functional groups attached to an aromatic ring is 1. The van der Waals surface area contributed by atoms with Crippen molar-refractivity contribution >= 4 is 11.6 Å². The van der Waals surface area contributed by atoms with E-state index in [2.05, 4.69) is 0 Å². The van der Waals surface area contributed by atoms with Gasteiger partial charge in [-0.25, -0.2) is 0 Å². The molecule has 118 valence electrons. The molecular weight excluding hydrogens is 272 g/mol. The van der Waals surface area contributed by atoms with Gasteiger partial charge in [-0.1, -0.05) is 0 Å². The van der Waals surface area contributed by atoms with Gasteiger partial charge in [0.25, 0.3) is 5.91 Å². The second kappa shape index (κ2) is 8.49. The van der Waals surface area contributed by atoms with Crippen LogP contribution in [0.4, 0.5) is 5.69 Å². The first-order valence-electron chi connectivity index (χ1n) is 6.77. The maximum Gasteiger partial charge on any atom is 0.254 e. The predicted molar refractivity (Wildman–Crippen MR) is 81.7 cm³/mol. The molecule has 0 aliphatic rings. The van der Waals surface area contributed by atoms with Crippen molar-refractivity contribution < 1.29 is 19.0 Å². The van der Waals surface area contributed by atoms with Gasteiger partial charge in [-0.15, -0.1) is 0 Å². The van der Waals surface area contributed by atoms with Crippen LogP contribution in [0.1, 0.15) is 17.3 Å². The van der Waals surface area contributed by atoms with Gasteiger partial charge < -0.3 is 24.8 Å². The third kappa shape index (κ3) is 4.61. The zero-order chi connectivity index (χ0) is 15.8. The van der Waals surface area contributed by atoms with E-state index in [1.54, 1.807) is 44.4 Å². The fourth-order valence-corrected chi connectivity index (χ4v) is 2.08. The number of nitrogens with two attached hydrogens (primary N) is 1. The topological polar surface area (TPSA) is 74.0 Å². The molecule has 0 fully saturated rings. The Kier molecular flexibility index (Phi) is 6.98. The minimum absolute atomic E-state index is 0.0547. The number of anilines is 1. The first kappa shape index (κ1) is 17.3. The quantitative estimate of drug-likeness (QED) is 0.734. The minimum atomic E-state index is -0.106. The zero-order valence-corrected chi connectivity index (χ0v) is 13.1. The second-order valence-corrected chi connectivity index (χ2v) is 4.75. The molecule has 0 saturated heterocycles. The van der Waals surface area contributed by atoms with Crippen molar-refractivity contribution in [1.82, 2.24) is 4.90 Å². The van der Waals surface area contributed by atoms with Crippen LogP contribution in [0, 0.1) is 0 Å². The largest absolute Gasteiger partial charge is 0.495 e. The molecule has 1 atom stereocenters. The summed E-state index contributed by atoms with van der Waals surface area (Å²) in [6, 6.07) is 4.97. The van der Waals surface area contributed by atoms with Crippen molar-refractivity contribution in [1.29, 1.82) is 0 Å². The number of ether oxygens (including phenoxy) is 3. The number of hydrogen-bond acceptors (Lipinski definition) is 5. The summed E-state index contributed by atoms with van der Waals surface area (Å²) in [6.07, 6.45) is 0. The van der Waals surface area contributed by atoms with Crippen molar-refractivity contribution in [3.05, 3.63) is 23.8 Å². The smallest absolute Gasteiger partial charge is 0.254 e. The normalized spacial score (nSPS) is 12.0. The van der Waals surface area contributed by atoms with Crippen molar-refractivity contribution in [3.63, 3.8) is 0 Å². The molecule has 1 aromatic rings. The molecule has 0 aromatic heterocycles. The molecular formula is C15H24N2O4. The van der Waals surface area contributed by atoms with E-state index in [1.165, 1.54) is 0 Å². The number of methoxy groups -OCH3 is 3. The van der Waals surface area contributed by atoms with Crippen LogP contribution in [0.3, 0.4) is 0 Å². The predicted octanol–water partition coefficient (Wildman–Crippen LogP) is 1.40. The molecule has 1 aromatic carbocycles. The second-order valence-electron chi connectivity index (χ2n) is 4.75. The highest BCUT2D eigenvalue weighted by Crippen LogP contribution is 2.23. The van der Waals surface area contributed by atoms with Crippen LogP contribution >= 0.6 is 0 Å². The highest BCUT2D eigenvalue weighted by atomic mass is 16.5. The van der Waals surface area contributed by atoms with E-state index in [4.69, 9.17) is 19.9 Å². The molecule has 0 aliphatic heterocycles. The average molecular weight is 296 g/mol. The minimum Gasteiger partial charge on any atom is -0.495 e. The van der Waals surface area contributed by atoms with Crippen molar-refractivity contribution in [3.8, 4) is 5.75 Å². The highest BCUT2D eigenvalue weighted by Gasteiger charge is 2.21. The maximum atomic E-state index is 12.6. The van der Waals surface area contributed by atoms with Crippen LogP contribution in [0.5, 0.6) is 5.75 Å². The van der Waals surface area contributed by atoms with Gasteiger partial charge in [0.1, 0.15) is 5.75 Å². The Bertz CT molecular complexity index is 465. The number of carbonyl (C=O) groups is 1. The molecule has 0 radical (unpaired) electrons. The van der Waals surface area contributed by atoms with Crippen LogP contribution in [0.2, 0.25) is 0 Å². The number of benzene rings is 1. The molecule has 0 bridgehead atoms. The monoisotopic (exact) mass is 296 g/mol. The lowest BCUT2D eigenvalue weighted by Crippen LogP contribution is -2.43.